The molecule has 6 heterocycles. The van der Waals surface area contributed by atoms with E-state index in [-0.39, 0.29) is 58.3 Å². The van der Waals surface area contributed by atoms with Crippen LogP contribution in [0, 0.1) is 29.6 Å². The Morgan fingerprint density at radius 2 is 1.20 bits per heavy atom. The number of aromatic nitrogens is 7. The average Bonchev–Trinajstić information content (AvgIpc) is 4.06. The number of nitriles is 2. The van der Waals surface area contributed by atoms with Gasteiger partial charge in [-0.3, -0.25) is 9.59 Å². The molecule has 4 aromatic heterocycles. The first-order chi connectivity index (χ1) is 31.6. The van der Waals surface area contributed by atoms with Gasteiger partial charge in [-0.25, -0.2) is 19.6 Å². The first-order valence-corrected chi connectivity index (χ1v) is 20.4. The second-order valence-electron chi connectivity index (χ2n) is 14.6. The summed E-state index contributed by atoms with van der Waals surface area (Å²) in [6.45, 7) is 3.41. The van der Waals surface area contributed by atoms with E-state index < -0.39 is 24.1 Å². The van der Waals surface area contributed by atoms with Crippen molar-refractivity contribution in [3.05, 3.63) is 125 Å². The maximum Gasteiger partial charge on any atom is 0.344 e. The zero-order valence-electron chi connectivity index (χ0n) is 35.5. The maximum absolute atomic E-state index is 13.4. The van der Waals surface area contributed by atoms with Crippen molar-refractivity contribution in [3.8, 4) is 41.0 Å². The number of carbonyl (C=O) groups is 4. The van der Waals surface area contributed by atoms with Crippen molar-refractivity contribution in [2.24, 2.45) is 0 Å². The summed E-state index contributed by atoms with van der Waals surface area (Å²) >= 11 is 0. The standard InChI is InChI=1S/C23H21N5O5.C22H20N6O4/c1-14-26-20(33-27-14)17-7-3-4-8-18(17)22(29)28-11-5-6-16(13-28)32-21-19(23(30)31-2)15(12-24)9-10-25-21;1-31-22(30)19-15(13-23)8-9-24-20(19)32-16-5-4-12-27(14-16)21(29)17-6-2-3-7-18(17)28-25-10-11-26-28/h3-4,7-10,16H,5-6,11,13H2,1-2H3;2-3,6-11,16H,4-5,12,14H2,1H3/t2*16-/m11/s1. The molecule has 8 rings (SSSR count). The normalized spacial score (nSPS) is 15.6. The number of nitrogens with zero attached hydrogens (tertiary/aromatic N) is 11. The van der Waals surface area contributed by atoms with Gasteiger partial charge in [0, 0.05) is 25.5 Å². The van der Waals surface area contributed by atoms with E-state index in [0.29, 0.717) is 73.5 Å². The Labute approximate surface area is 371 Å². The van der Waals surface area contributed by atoms with E-state index in [1.165, 1.54) is 43.5 Å². The van der Waals surface area contributed by atoms with Gasteiger partial charge in [0.2, 0.25) is 11.8 Å². The largest absolute Gasteiger partial charge is 0.472 e. The zero-order valence-corrected chi connectivity index (χ0v) is 35.5. The van der Waals surface area contributed by atoms with E-state index >= 15 is 0 Å². The van der Waals surface area contributed by atoms with E-state index in [9.17, 15) is 29.7 Å². The topological polar surface area (TPSA) is 255 Å². The fraction of sp³-hybridized carbons (Fsp3) is 0.289. The van der Waals surface area contributed by atoms with E-state index in [2.05, 4.69) is 30.3 Å². The highest BCUT2D eigenvalue weighted by atomic mass is 16.5. The first-order valence-electron chi connectivity index (χ1n) is 20.4. The van der Waals surface area contributed by atoms with Crippen LogP contribution in [0.15, 0.2) is 90.0 Å². The van der Waals surface area contributed by atoms with Crippen molar-refractivity contribution in [2.75, 3.05) is 40.4 Å². The zero-order chi connectivity index (χ0) is 45.9. The SMILES string of the molecule is COC(=O)c1c(C#N)ccnc1O[C@@H]1CCCN(C(=O)c2ccccc2-c2nc(C)no2)C1.COC(=O)c1c(C#N)ccnc1O[C@@H]1CCCN(C(=O)c2ccccc2-n2nccn2)C1. The third-order valence-corrected chi connectivity index (χ3v) is 10.4. The second kappa shape index (κ2) is 20.6. The Hall–Kier alpha value is -8.52. The van der Waals surface area contributed by atoms with Crippen LogP contribution in [-0.4, -0.2) is 121 Å². The Balaban J connectivity index is 0.000000194. The van der Waals surface area contributed by atoms with Crippen LogP contribution in [0.4, 0.5) is 0 Å². The molecule has 2 saturated heterocycles. The van der Waals surface area contributed by atoms with E-state index in [4.69, 9.17) is 23.5 Å². The van der Waals surface area contributed by atoms with Gasteiger partial charge >= 0.3 is 11.9 Å². The molecular formula is C45H41N11O9. The second-order valence-corrected chi connectivity index (χ2v) is 14.6. The van der Waals surface area contributed by atoms with Gasteiger partial charge < -0.3 is 33.3 Å². The number of benzene rings is 2. The number of hydrogen-bond donors (Lipinski definition) is 0. The Morgan fingerprint density at radius 1 is 0.692 bits per heavy atom. The van der Waals surface area contributed by atoms with Crippen LogP contribution in [0.5, 0.6) is 11.8 Å². The number of rotatable bonds is 10. The minimum absolute atomic E-state index is 0.0157. The molecule has 6 aromatic rings. The minimum Gasteiger partial charge on any atom is -0.472 e. The molecule has 0 aliphatic carbocycles. The lowest BCUT2D eigenvalue weighted by Gasteiger charge is -2.33. The van der Waals surface area contributed by atoms with E-state index in [1.807, 2.05) is 18.2 Å². The van der Waals surface area contributed by atoms with E-state index in [0.717, 1.165) is 0 Å². The van der Waals surface area contributed by atoms with Crippen LogP contribution in [0.1, 0.15) is 84.1 Å². The summed E-state index contributed by atoms with van der Waals surface area (Å²) < 4.78 is 26.8. The van der Waals surface area contributed by atoms with Gasteiger partial charge in [0.15, 0.2) is 5.82 Å². The molecule has 2 amide bonds. The predicted octanol–water partition coefficient (Wildman–Crippen LogP) is 4.79. The van der Waals surface area contributed by atoms with Gasteiger partial charge in [0.25, 0.3) is 17.7 Å². The molecule has 2 aromatic carbocycles. The van der Waals surface area contributed by atoms with Crippen LogP contribution >= 0.6 is 0 Å². The highest BCUT2D eigenvalue weighted by Gasteiger charge is 2.32. The van der Waals surface area contributed by atoms with Crippen LogP contribution in [0.3, 0.4) is 0 Å². The van der Waals surface area contributed by atoms with Crippen LogP contribution < -0.4 is 9.47 Å². The molecule has 0 spiro atoms. The third-order valence-electron chi connectivity index (χ3n) is 10.4. The number of likely N-dealkylation sites (tertiary alicyclic amines) is 2. The smallest absolute Gasteiger partial charge is 0.344 e. The summed E-state index contributed by atoms with van der Waals surface area (Å²) in [6.07, 6.45) is 7.83. The van der Waals surface area contributed by atoms with E-state index in [1.54, 1.807) is 71.6 Å². The van der Waals surface area contributed by atoms with Crippen molar-refractivity contribution in [1.82, 2.24) is 44.9 Å². The predicted molar refractivity (Wildman–Crippen MR) is 226 cm³/mol. The molecule has 0 unspecified atom stereocenters. The number of hydrogen-bond acceptors (Lipinski definition) is 17. The van der Waals surface area contributed by atoms with Gasteiger partial charge in [0.1, 0.15) is 35.5 Å². The Kier molecular flexibility index (Phi) is 14.1. The molecule has 20 nitrogen and oxygen atoms in total. The third kappa shape index (κ3) is 10.1. The lowest BCUT2D eigenvalue weighted by molar-refractivity contribution is 0.0497. The number of amides is 2. The minimum atomic E-state index is -0.706. The van der Waals surface area contributed by atoms with Crippen LogP contribution in [0.2, 0.25) is 0 Å². The highest BCUT2D eigenvalue weighted by Crippen LogP contribution is 2.29. The molecule has 2 fully saturated rings. The summed E-state index contributed by atoms with van der Waals surface area (Å²) in [6, 6.07) is 20.9. The maximum atomic E-state index is 13.4. The highest BCUT2D eigenvalue weighted by molar-refractivity contribution is 6.00. The molecular weight excluding hydrogens is 839 g/mol. The summed E-state index contributed by atoms with van der Waals surface area (Å²) in [7, 11) is 2.46. The Morgan fingerprint density at radius 3 is 1.71 bits per heavy atom. The average molecular weight is 880 g/mol. The van der Waals surface area contributed by atoms with Crippen molar-refractivity contribution < 1.29 is 42.6 Å². The number of esters is 2. The fourth-order valence-corrected chi connectivity index (χ4v) is 7.37. The van der Waals surface area contributed by atoms with Crippen LogP contribution in [-0.2, 0) is 9.47 Å². The number of piperidine rings is 2. The lowest BCUT2D eigenvalue weighted by atomic mass is 10.0. The molecule has 2 aliphatic heterocycles. The molecule has 20 heteroatoms. The van der Waals surface area contributed by atoms with Crippen molar-refractivity contribution in [2.45, 2.75) is 44.8 Å². The quantitative estimate of drug-likeness (QED) is 0.168. The van der Waals surface area contributed by atoms with Crippen molar-refractivity contribution >= 4 is 23.8 Å². The number of ether oxygens (including phenoxy) is 4. The number of para-hydroxylation sites is 1. The van der Waals surface area contributed by atoms with Crippen LogP contribution in [0.25, 0.3) is 17.1 Å². The van der Waals surface area contributed by atoms with Crippen molar-refractivity contribution in [3.63, 3.8) is 0 Å². The number of methoxy groups -OCH3 is 2. The summed E-state index contributed by atoms with van der Waals surface area (Å²) in [5, 5.41) is 30.7. The number of aryl methyl sites for hydroxylation is 1. The summed E-state index contributed by atoms with van der Waals surface area (Å²) in [5.41, 5.74) is 2.25. The molecule has 330 valence electrons. The Bertz CT molecular complexity index is 2780. The van der Waals surface area contributed by atoms with Gasteiger partial charge in [-0.1, -0.05) is 29.4 Å². The molecule has 0 N–H and O–H groups in total. The first kappa shape index (κ1) is 44.5. The lowest BCUT2D eigenvalue weighted by Crippen LogP contribution is -2.44. The molecule has 65 heavy (non-hydrogen) atoms. The van der Waals surface area contributed by atoms with Gasteiger partial charge in [-0.2, -0.15) is 30.5 Å². The summed E-state index contributed by atoms with van der Waals surface area (Å²) in [4.78, 5) is 68.4. The number of carbonyl (C=O) groups excluding carboxylic acids is 4. The van der Waals surface area contributed by atoms with Crippen molar-refractivity contribution in [1.29, 1.82) is 10.5 Å². The fourth-order valence-electron chi connectivity index (χ4n) is 7.37. The summed E-state index contributed by atoms with van der Waals surface area (Å²) in [5.74, 6) is -0.969. The van der Waals surface area contributed by atoms with Gasteiger partial charge in [0.05, 0.1) is 73.2 Å². The monoisotopic (exact) mass is 879 g/mol. The molecule has 0 radical (unpaired) electrons. The molecule has 2 aliphatic rings. The molecule has 0 saturated carbocycles. The molecule has 2 atom stereocenters. The number of pyridine rings is 2. The van der Waals surface area contributed by atoms with Gasteiger partial charge in [-0.05, 0) is 69.0 Å². The van der Waals surface area contributed by atoms with Gasteiger partial charge in [-0.15, -0.1) is 0 Å². The molecule has 0 bridgehead atoms.